The van der Waals surface area contributed by atoms with Gasteiger partial charge < -0.3 is 29.7 Å². The number of likely N-dealkylation sites (N-methyl/N-ethyl adjacent to an activating group) is 1. The lowest BCUT2D eigenvalue weighted by Gasteiger charge is -2.15. The molecule has 2 rings (SSSR count). The molecule has 0 aliphatic carbocycles. The molecule has 0 atom stereocenters. The van der Waals surface area contributed by atoms with Gasteiger partial charge in [0.05, 0.1) is 14.2 Å². The maximum atomic E-state index is 5.79. The summed E-state index contributed by atoms with van der Waals surface area (Å²) in [6.07, 6.45) is 0. The number of benzene rings is 2. The molecule has 29 heavy (non-hydrogen) atoms. The first kappa shape index (κ1) is 24.8. The second kappa shape index (κ2) is 13.1. The molecule has 0 amide bonds. The van der Waals surface area contributed by atoms with Crippen LogP contribution >= 0.6 is 24.0 Å². The highest BCUT2D eigenvalue weighted by molar-refractivity contribution is 14.0. The van der Waals surface area contributed by atoms with E-state index in [0.29, 0.717) is 30.6 Å². The van der Waals surface area contributed by atoms with Gasteiger partial charge in [-0.25, -0.2) is 0 Å². The van der Waals surface area contributed by atoms with Crippen molar-refractivity contribution in [3.8, 4) is 17.2 Å². The molecule has 0 saturated carbocycles. The van der Waals surface area contributed by atoms with Crippen LogP contribution in [-0.4, -0.2) is 59.4 Å². The molecule has 0 bridgehead atoms. The summed E-state index contributed by atoms with van der Waals surface area (Å²) in [5, 5.41) is 6.56. The van der Waals surface area contributed by atoms with Gasteiger partial charge in [-0.15, -0.1) is 24.0 Å². The average molecular weight is 514 g/mol. The van der Waals surface area contributed by atoms with Gasteiger partial charge in [-0.1, -0.05) is 12.1 Å². The van der Waals surface area contributed by atoms with Crippen LogP contribution in [0.1, 0.15) is 5.56 Å². The van der Waals surface area contributed by atoms with Crippen molar-refractivity contribution in [2.45, 2.75) is 6.54 Å². The van der Waals surface area contributed by atoms with Gasteiger partial charge in [-0.3, -0.25) is 4.99 Å². The summed E-state index contributed by atoms with van der Waals surface area (Å²) in [6, 6.07) is 13.7. The number of hydrogen-bond donors (Lipinski definition) is 2. The number of halogens is 1. The van der Waals surface area contributed by atoms with Crippen molar-refractivity contribution in [1.29, 1.82) is 0 Å². The molecule has 2 aromatic carbocycles. The quantitative estimate of drug-likeness (QED) is 0.304. The number of aliphatic imine (C=N–C) groups is 1. The van der Waals surface area contributed by atoms with Crippen LogP contribution in [0, 0.1) is 0 Å². The summed E-state index contributed by atoms with van der Waals surface area (Å²) in [6.45, 7) is 2.16. The van der Waals surface area contributed by atoms with Crippen LogP contribution in [0.2, 0.25) is 0 Å². The van der Waals surface area contributed by atoms with Crippen molar-refractivity contribution in [2.75, 3.05) is 53.8 Å². The molecule has 0 radical (unpaired) electrons. The van der Waals surface area contributed by atoms with Gasteiger partial charge in [0.25, 0.3) is 0 Å². The molecule has 0 spiro atoms. The summed E-state index contributed by atoms with van der Waals surface area (Å²) < 4.78 is 16.4. The molecule has 0 unspecified atom stereocenters. The van der Waals surface area contributed by atoms with Crippen LogP contribution in [-0.2, 0) is 6.54 Å². The standard InChI is InChI=1S/C21H30N4O3.HI/c1-22-21(24-17-9-10-19(26-4)20(14-17)27-5)23-15-16-7-6-8-18(13-16)28-12-11-25(2)3;/h6-10,13-14H,11-12,15H2,1-5H3,(H2,22,23,24);1H. The van der Waals surface area contributed by atoms with Gasteiger partial charge in [0.2, 0.25) is 0 Å². The molecule has 8 heteroatoms. The maximum Gasteiger partial charge on any atom is 0.195 e. The monoisotopic (exact) mass is 514 g/mol. The van der Waals surface area contributed by atoms with E-state index in [9.17, 15) is 0 Å². The Morgan fingerprint density at radius 1 is 1.03 bits per heavy atom. The summed E-state index contributed by atoms with van der Waals surface area (Å²) >= 11 is 0. The van der Waals surface area contributed by atoms with E-state index in [1.165, 1.54) is 0 Å². The predicted octanol–water partition coefficient (Wildman–Crippen LogP) is 3.45. The fourth-order valence-corrected chi connectivity index (χ4v) is 2.51. The Bertz CT molecular complexity index is 784. The number of rotatable bonds is 9. The maximum absolute atomic E-state index is 5.79. The van der Waals surface area contributed by atoms with Gasteiger partial charge in [-0.2, -0.15) is 0 Å². The van der Waals surface area contributed by atoms with Gasteiger partial charge >= 0.3 is 0 Å². The van der Waals surface area contributed by atoms with Crippen LogP contribution in [0.4, 0.5) is 5.69 Å². The number of anilines is 1. The third-order valence-electron chi connectivity index (χ3n) is 4.04. The van der Waals surface area contributed by atoms with Crippen LogP contribution in [0.25, 0.3) is 0 Å². The molecule has 0 aromatic heterocycles. The van der Waals surface area contributed by atoms with Crippen molar-refractivity contribution < 1.29 is 14.2 Å². The van der Waals surface area contributed by atoms with Crippen LogP contribution in [0.15, 0.2) is 47.5 Å². The topological polar surface area (TPSA) is 67.4 Å². The lowest BCUT2D eigenvalue weighted by Crippen LogP contribution is -2.30. The molecule has 0 aliphatic rings. The molecule has 160 valence electrons. The minimum atomic E-state index is 0. The summed E-state index contributed by atoms with van der Waals surface area (Å²) in [4.78, 5) is 6.37. The summed E-state index contributed by atoms with van der Waals surface area (Å²) in [5.74, 6) is 2.86. The largest absolute Gasteiger partial charge is 0.493 e. The van der Waals surface area contributed by atoms with Crippen molar-refractivity contribution >= 4 is 35.6 Å². The Morgan fingerprint density at radius 2 is 1.79 bits per heavy atom. The Kier molecular flexibility index (Phi) is 11.2. The number of nitrogens with zero attached hydrogens (tertiary/aromatic N) is 2. The predicted molar refractivity (Wildman–Crippen MR) is 129 cm³/mol. The van der Waals surface area contributed by atoms with Crippen molar-refractivity contribution in [3.05, 3.63) is 48.0 Å². The number of guanidine groups is 1. The lowest BCUT2D eigenvalue weighted by atomic mass is 10.2. The van der Waals surface area contributed by atoms with Crippen LogP contribution in [0.3, 0.4) is 0 Å². The first-order valence-corrected chi connectivity index (χ1v) is 9.12. The Morgan fingerprint density at radius 3 is 2.45 bits per heavy atom. The highest BCUT2D eigenvalue weighted by atomic mass is 127. The minimum absolute atomic E-state index is 0. The zero-order chi connectivity index (χ0) is 20.4. The molecule has 2 aromatic rings. The molecule has 0 heterocycles. The number of hydrogen-bond acceptors (Lipinski definition) is 5. The van der Waals surface area contributed by atoms with E-state index in [0.717, 1.165) is 23.5 Å². The highest BCUT2D eigenvalue weighted by Crippen LogP contribution is 2.29. The lowest BCUT2D eigenvalue weighted by molar-refractivity contribution is 0.261. The molecule has 0 saturated heterocycles. The summed E-state index contributed by atoms with van der Waals surface area (Å²) in [5.41, 5.74) is 1.96. The first-order chi connectivity index (χ1) is 13.5. The second-order valence-electron chi connectivity index (χ2n) is 6.42. The van der Waals surface area contributed by atoms with Crippen molar-refractivity contribution in [3.63, 3.8) is 0 Å². The molecule has 0 aliphatic heterocycles. The van der Waals surface area contributed by atoms with Gasteiger partial charge in [0.15, 0.2) is 17.5 Å². The third-order valence-corrected chi connectivity index (χ3v) is 4.04. The molecular formula is C21H31IN4O3. The highest BCUT2D eigenvalue weighted by Gasteiger charge is 2.06. The third kappa shape index (κ3) is 8.36. The smallest absolute Gasteiger partial charge is 0.195 e. The van der Waals surface area contributed by atoms with Crippen LogP contribution in [0.5, 0.6) is 17.2 Å². The van der Waals surface area contributed by atoms with Crippen molar-refractivity contribution in [2.24, 2.45) is 4.99 Å². The Balaban J connectivity index is 0.00000420. The Labute approximate surface area is 190 Å². The first-order valence-electron chi connectivity index (χ1n) is 9.12. The zero-order valence-electron chi connectivity index (χ0n) is 17.7. The van der Waals surface area contributed by atoms with E-state index in [1.807, 2.05) is 50.5 Å². The molecular weight excluding hydrogens is 483 g/mol. The van der Waals surface area contributed by atoms with E-state index >= 15 is 0 Å². The van der Waals surface area contributed by atoms with E-state index < -0.39 is 0 Å². The van der Waals surface area contributed by atoms with E-state index in [4.69, 9.17) is 14.2 Å². The fourth-order valence-electron chi connectivity index (χ4n) is 2.51. The zero-order valence-corrected chi connectivity index (χ0v) is 20.0. The Hall–Kier alpha value is -2.20. The SMILES string of the molecule is CN=C(NCc1cccc(OCCN(C)C)c1)Nc1ccc(OC)c(OC)c1.I. The second-order valence-corrected chi connectivity index (χ2v) is 6.42. The van der Waals surface area contributed by atoms with Gasteiger partial charge in [0, 0.05) is 31.9 Å². The van der Waals surface area contributed by atoms with Gasteiger partial charge in [0.1, 0.15) is 12.4 Å². The minimum Gasteiger partial charge on any atom is -0.493 e. The number of nitrogens with one attached hydrogen (secondary N) is 2. The van der Waals surface area contributed by atoms with E-state index in [-0.39, 0.29) is 24.0 Å². The number of ether oxygens (including phenoxy) is 3. The fraction of sp³-hybridized carbons (Fsp3) is 0.381. The van der Waals surface area contributed by atoms with E-state index in [1.54, 1.807) is 21.3 Å². The molecule has 2 N–H and O–H groups in total. The average Bonchev–Trinajstić information content (AvgIpc) is 2.71. The van der Waals surface area contributed by atoms with Crippen molar-refractivity contribution in [1.82, 2.24) is 10.2 Å². The normalized spacial score (nSPS) is 10.9. The molecule has 0 fully saturated rings. The molecule has 7 nitrogen and oxygen atoms in total. The number of methoxy groups -OCH3 is 2. The van der Waals surface area contributed by atoms with E-state index in [2.05, 4.69) is 26.6 Å². The van der Waals surface area contributed by atoms with Gasteiger partial charge in [-0.05, 0) is 43.9 Å². The summed E-state index contributed by atoms with van der Waals surface area (Å²) in [7, 11) is 9.02. The van der Waals surface area contributed by atoms with Crippen LogP contribution < -0.4 is 24.8 Å².